The quantitative estimate of drug-likeness (QED) is 0.878. The second kappa shape index (κ2) is 7.76. The van der Waals surface area contributed by atoms with Crippen molar-refractivity contribution in [2.75, 3.05) is 62.6 Å². The van der Waals surface area contributed by atoms with Crippen LogP contribution in [0.3, 0.4) is 0 Å². The third-order valence-corrected chi connectivity index (χ3v) is 6.09. The number of benzene rings is 1. The smallest absolute Gasteiger partial charge is 0.322 e. The fraction of sp³-hybridized carbons (Fsp3) is 0.600. The van der Waals surface area contributed by atoms with Crippen molar-refractivity contribution >= 4 is 23.3 Å². The summed E-state index contributed by atoms with van der Waals surface area (Å²) >= 11 is 0. The van der Waals surface area contributed by atoms with E-state index in [1.165, 1.54) is 0 Å². The Hall–Kier alpha value is -2.28. The van der Waals surface area contributed by atoms with Crippen molar-refractivity contribution in [2.45, 2.75) is 25.8 Å². The normalized spacial score (nSPS) is 23.5. The number of hydrogen-bond donors (Lipinski definition) is 1. The fourth-order valence-electron chi connectivity index (χ4n) is 4.40. The van der Waals surface area contributed by atoms with E-state index >= 15 is 0 Å². The molecule has 3 heterocycles. The van der Waals surface area contributed by atoms with E-state index < -0.39 is 0 Å². The first-order chi connectivity index (χ1) is 13.2. The first kappa shape index (κ1) is 18.1. The maximum Gasteiger partial charge on any atom is 0.322 e. The van der Waals surface area contributed by atoms with Crippen LogP contribution in [0, 0.1) is 0 Å². The van der Waals surface area contributed by atoms with Gasteiger partial charge in [-0.05, 0) is 25.1 Å². The molecule has 1 aromatic rings. The number of nitrogens with one attached hydrogen (secondary N) is 1. The van der Waals surface area contributed by atoms with Gasteiger partial charge in [-0.15, -0.1) is 0 Å². The van der Waals surface area contributed by atoms with Crippen LogP contribution in [0.2, 0.25) is 0 Å². The number of nitrogens with zero attached hydrogens (tertiary/aromatic N) is 4. The van der Waals surface area contributed by atoms with Crippen molar-refractivity contribution in [1.29, 1.82) is 0 Å². The average Bonchev–Trinajstić information content (AvgIpc) is 3.09. The van der Waals surface area contributed by atoms with E-state index in [1.54, 1.807) is 0 Å². The summed E-state index contributed by atoms with van der Waals surface area (Å²) in [6.07, 6.45) is 1.48. The number of anilines is 2. The molecule has 1 atom stereocenters. The van der Waals surface area contributed by atoms with Crippen molar-refractivity contribution in [1.82, 2.24) is 14.7 Å². The molecule has 1 aromatic carbocycles. The predicted molar refractivity (Wildman–Crippen MR) is 106 cm³/mol. The molecule has 3 amide bonds. The summed E-state index contributed by atoms with van der Waals surface area (Å²) < 4.78 is 0. The maximum absolute atomic E-state index is 12.9. The predicted octanol–water partition coefficient (Wildman–Crippen LogP) is 1.67. The highest BCUT2D eigenvalue weighted by Gasteiger charge is 2.37. The molecule has 7 heteroatoms. The van der Waals surface area contributed by atoms with E-state index in [2.05, 4.69) is 28.1 Å². The van der Waals surface area contributed by atoms with E-state index in [0.717, 1.165) is 50.5 Å². The van der Waals surface area contributed by atoms with Crippen LogP contribution >= 0.6 is 0 Å². The third-order valence-electron chi connectivity index (χ3n) is 6.09. The van der Waals surface area contributed by atoms with Gasteiger partial charge < -0.3 is 24.9 Å². The molecule has 3 fully saturated rings. The zero-order valence-corrected chi connectivity index (χ0v) is 16.1. The first-order valence-corrected chi connectivity index (χ1v) is 10.1. The summed E-state index contributed by atoms with van der Waals surface area (Å²) in [6, 6.07) is 8.19. The van der Waals surface area contributed by atoms with Crippen LogP contribution < -0.4 is 10.2 Å². The molecule has 0 aliphatic carbocycles. The number of piperazine rings is 2. The highest BCUT2D eigenvalue weighted by atomic mass is 16.2. The standard InChI is InChI=1S/C20H29N5O2/c1-2-22-9-11-23(12-10-22)18-6-4-3-5-17(18)21-20(27)24-13-14-25-16(15-24)7-8-19(25)26/h3-6,16H,2,7-15H2,1H3,(H,21,27). The summed E-state index contributed by atoms with van der Waals surface area (Å²) in [7, 11) is 0. The number of likely N-dealkylation sites (N-methyl/N-ethyl adjacent to an activating group) is 1. The van der Waals surface area contributed by atoms with Gasteiger partial charge in [-0.25, -0.2) is 4.79 Å². The minimum Gasteiger partial charge on any atom is -0.367 e. The van der Waals surface area contributed by atoms with E-state index in [4.69, 9.17) is 0 Å². The lowest BCUT2D eigenvalue weighted by Crippen LogP contribution is -2.54. The topological polar surface area (TPSA) is 59.1 Å². The molecular weight excluding hydrogens is 342 g/mol. The van der Waals surface area contributed by atoms with Crippen molar-refractivity contribution < 1.29 is 9.59 Å². The Labute approximate surface area is 160 Å². The van der Waals surface area contributed by atoms with Crippen molar-refractivity contribution in [2.24, 2.45) is 0 Å². The van der Waals surface area contributed by atoms with Gasteiger partial charge in [0.15, 0.2) is 0 Å². The minimum absolute atomic E-state index is 0.0614. The minimum atomic E-state index is -0.0614. The lowest BCUT2D eigenvalue weighted by atomic mass is 10.1. The Balaban J connectivity index is 1.41. The number of amides is 3. The Morgan fingerprint density at radius 3 is 2.67 bits per heavy atom. The van der Waals surface area contributed by atoms with Crippen LogP contribution in [-0.2, 0) is 4.79 Å². The van der Waals surface area contributed by atoms with E-state index in [-0.39, 0.29) is 18.0 Å². The molecule has 1 N–H and O–H groups in total. The number of fused-ring (bicyclic) bond motifs is 1. The number of rotatable bonds is 3. The molecule has 3 aliphatic rings. The average molecular weight is 371 g/mol. The van der Waals surface area contributed by atoms with Crippen LogP contribution in [0.5, 0.6) is 0 Å². The summed E-state index contributed by atoms with van der Waals surface area (Å²) in [5, 5.41) is 3.12. The van der Waals surface area contributed by atoms with Crippen molar-refractivity contribution in [3.05, 3.63) is 24.3 Å². The van der Waals surface area contributed by atoms with Gasteiger partial charge in [0.05, 0.1) is 11.4 Å². The Bertz CT molecular complexity index is 701. The van der Waals surface area contributed by atoms with Crippen LogP contribution in [-0.4, -0.2) is 85.0 Å². The molecule has 146 valence electrons. The molecule has 0 spiro atoms. The molecular formula is C20H29N5O2. The van der Waals surface area contributed by atoms with Gasteiger partial charge in [0.25, 0.3) is 0 Å². The van der Waals surface area contributed by atoms with E-state index in [9.17, 15) is 9.59 Å². The number of urea groups is 1. The maximum atomic E-state index is 12.9. The number of carbonyl (C=O) groups excluding carboxylic acids is 2. The summed E-state index contributed by atoms with van der Waals surface area (Å²) in [5.74, 6) is 0.233. The largest absolute Gasteiger partial charge is 0.367 e. The zero-order chi connectivity index (χ0) is 18.8. The highest BCUT2D eigenvalue weighted by molar-refractivity contribution is 5.93. The molecule has 0 bridgehead atoms. The molecule has 0 saturated carbocycles. The molecule has 4 rings (SSSR count). The highest BCUT2D eigenvalue weighted by Crippen LogP contribution is 2.28. The van der Waals surface area contributed by atoms with Crippen LogP contribution in [0.15, 0.2) is 24.3 Å². The molecule has 7 nitrogen and oxygen atoms in total. The summed E-state index contributed by atoms with van der Waals surface area (Å²) in [4.78, 5) is 33.3. The summed E-state index contributed by atoms with van der Waals surface area (Å²) in [5.41, 5.74) is 1.97. The zero-order valence-electron chi connectivity index (χ0n) is 16.1. The van der Waals surface area contributed by atoms with Gasteiger partial charge in [0, 0.05) is 58.3 Å². The van der Waals surface area contributed by atoms with Crippen molar-refractivity contribution in [3.63, 3.8) is 0 Å². The van der Waals surface area contributed by atoms with Gasteiger partial charge >= 0.3 is 6.03 Å². The second-order valence-corrected chi connectivity index (χ2v) is 7.59. The number of para-hydroxylation sites is 2. The molecule has 27 heavy (non-hydrogen) atoms. The molecule has 1 unspecified atom stereocenters. The fourth-order valence-corrected chi connectivity index (χ4v) is 4.40. The van der Waals surface area contributed by atoms with E-state index in [0.29, 0.717) is 26.1 Å². The molecule has 0 aromatic heterocycles. The van der Waals surface area contributed by atoms with Crippen LogP contribution in [0.1, 0.15) is 19.8 Å². The lowest BCUT2D eigenvalue weighted by Gasteiger charge is -2.38. The van der Waals surface area contributed by atoms with Gasteiger partial charge in [-0.3, -0.25) is 4.79 Å². The monoisotopic (exact) mass is 371 g/mol. The van der Waals surface area contributed by atoms with Crippen molar-refractivity contribution in [3.8, 4) is 0 Å². The Morgan fingerprint density at radius 1 is 1.11 bits per heavy atom. The summed E-state index contributed by atoms with van der Waals surface area (Å²) in [6.45, 7) is 9.22. The van der Waals surface area contributed by atoms with Gasteiger partial charge in [-0.2, -0.15) is 0 Å². The van der Waals surface area contributed by atoms with E-state index in [1.807, 2.05) is 28.0 Å². The molecule has 0 radical (unpaired) electrons. The van der Waals surface area contributed by atoms with Gasteiger partial charge in [0.2, 0.25) is 5.91 Å². The number of carbonyl (C=O) groups is 2. The van der Waals surface area contributed by atoms with Crippen LogP contribution in [0.25, 0.3) is 0 Å². The Kier molecular flexibility index (Phi) is 5.20. The molecule has 3 aliphatic heterocycles. The second-order valence-electron chi connectivity index (χ2n) is 7.59. The molecule has 3 saturated heterocycles. The third kappa shape index (κ3) is 3.74. The van der Waals surface area contributed by atoms with Crippen LogP contribution in [0.4, 0.5) is 16.2 Å². The first-order valence-electron chi connectivity index (χ1n) is 10.1. The van der Waals surface area contributed by atoms with Gasteiger partial charge in [-0.1, -0.05) is 19.1 Å². The number of hydrogen-bond acceptors (Lipinski definition) is 4. The lowest BCUT2D eigenvalue weighted by molar-refractivity contribution is -0.130. The SMILES string of the molecule is CCN1CCN(c2ccccc2NC(=O)N2CCN3C(=O)CCC3C2)CC1. The van der Waals surface area contributed by atoms with Gasteiger partial charge in [0.1, 0.15) is 0 Å². The Morgan fingerprint density at radius 2 is 1.89 bits per heavy atom.